The summed E-state index contributed by atoms with van der Waals surface area (Å²) in [7, 11) is 0. The lowest BCUT2D eigenvalue weighted by Gasteiger charge is -2.08. The molecule has 23 heavy (non-hydrogen) atoms. The number of anilines is 1. The number of benzene rings is 1. The largest absolute Gasteiger partial charge is 0.325 e. The maximum absolute atomic E-state index is 12.1. The van der Waals surface area contributed by atoms with Gasteiger partial charge in [0.1, 0.15) is 5.82 Å². The van der Waals surface area contributed by atoms with E-state index in [4.69, 9.17) is 11.6 Å². The third-order valence-electron chi connectivity index (χ3n) is 3.99. The van der Waals surface area contributed by atoms with Crippen LogP contribution >= 0.6 is 23.4 Å². The first kappa shape index (κ1) is 15.0. The molecule has 4 rings (SSSR count). The second-order valence-corrected chi connectivity index (χ2v) is 7.44. The Hall–Kier alpha value is -1.53. The van der Waals surface area contributed by atoms with Gasteiger partial charge in [0.25, 0.3) is 0 Å². The molecule has 0 unspecified atom stereocenters. The Balaban J connectivity index is 1.40. The molecule has 0 bridgehead atoms. The fourth-order valence-corrected chi connectivity index (χ4v) is 3.58. The van der Waals surface area contributed by atoms with Gasteiger partial charge < -0.3 is 9.88 Å². The van der Waals surface area contributed by atoms with Crippen molar-refractivity contribution in [3.8, 4) is 0 Å². The molecule has 1 aromatic carbocycles. The Bertz CT molecular complexity index is 739. The zero-order valence-corrected chi connectivity index (χ0v) is 14.1. The summed E-state index contributed by atoms with van der Waals surface area (Å²) in [5, 5.41) is 13.0. The van der Waals surface area contributed by atoms with Crippen LogP contribution in [0.1, 0.15) is 43.5 Å². The van der Waals surface area contributed by atoms with Crippen molar-refractivity contribution >= 4 is 35.0 Å². The van der Waals surface area contributed by atoms with Crippen LogP contribution in [0.25, 0.3) is 0 Å². The summed E-state index contributed by atoms with van der Waals surface area (Å²) in [5.74, 6) is 1.96. The average molecular weight is 349 g/mol. The normalized spacial score (nSPS) is 17.3. The van der Waals surface area contributed by atoms with E-state index in [1.807, 2.05) is 12.1 Å². The SMILES string of the molecule is O=C(CSc1nnc(C2CC2)n1C1CC1)Nc1cccc(Cl)c1. The fourth-order valence-electron chi connectivity index (χ4n) is 2.58. The van der Waals surface area contributed by atoms with Crippen molar-refractivity contribution in [2.24, 2.45) is 0 Å². The molecule has 2 fully saturated rings. The fraction of sp³-hybridized carbons (Fsp3) is 0.438. The summed E-state index contributed by atoms with van der Waals surface area (Å²) in [4.78, 5) is 12.1. The van der Waals surface area contributed by atoms with E-state index in [-0.39, 0.29) is 5.91 Å². The number of hydrogen-bond acceptors (Lipinski definition) is 4. The van der Waals surface area contributed by atoms with Crippen molar-refractivity contribution < 1.29 is 4.79 Å². The molecule has 0 spiro atoms. The maximum Gasteiger partial charge on any atom is 0.234 e. The molecule has 1 amide bonds. The third kappa shape index (κ3) is 3.53. The molecule has 120 valence electrons. The van der Waals surface area contributed by atoms with Crippen molar-refractivity contribution in [2.45, 2.75) is 42.8 Å². The number of carbonyl (C=O) groups is 1. The summed E-state index contributed by atoms with van der Waals surface area (Å²) in [6, 6.07) is 7.70. The van der Waals surface area contributed by atoms with Crippen LogP contribution in [0, 0.1) is 0 Å². The van der Waals surface area contributed by atoms with Gasteiger partial charge in [-0.2, -0.15) is 0 Å². The highest BCUT2D eigenvalue weighted by molar-refractivity contribution is 7.99. The predicted molar refractivity (Wildman–Crippen MR) is 91.1 cm³/mol. The molecule has 2 aliphatic rings. The van der Waals surface area contributed by atoms with E-state index in [1.54, 1.807) is 12.1 Å². The first-order valence-corrected chi connectivity index (χ1v) is 9.20. The molecule has 0 saturated heterocycles. The van der Waals surface area contributed by atoms with E-state index in [1.165, 1.54) is 37.4 Å². The number of nitrogens with zero attached hydrogens (tertiary/aromatic N) is 3. The summed E-state index contributed by atoms with van der Waals surface area (Å²) in [6.45, 7) is 0. The Morgan fingerprint density at radius 1 is 1.30 bits per heavy atom. The molecule has 2 saturated carbocycles. The van der Waals surface area contributed by atoms with E-state index in [9.17, 15) is 4.79 Å². The van der Waals surface area contributed by atoms with Gasteiger partial charge in [0, 0.05) is 22.7 Å². The number of carbonyl (C=O) groups excluding carboxylic acids is 1. The van der Waals surface area contributed by atoms with Crippen LogP contribution in [0.4, 0.5) is 5.69 Å². The molecule has 0 aliphatic heterocycles. The van der Waals surface area contributed by atoms with Crippen LogP contribution in [-0.2, 0) is 4.79 Å². The lowest BCUT2D eigenvalue weighted by atomic mass is 10.3. The minimum atomic E-state index is -0.0596. The van der Waals surface area contributed by atoms with Gasteiger partial charge in [0.2, 0.25) is 5.91 Å². The number of hydrogen-bond donors (Lipinski definition) is 1. The summed E-state index contributed by atoms with van der Waals surface area (Å²) in [6.07, 6.45) is 4.82. The lowest BCUT2D eigenvalue weighted by Crippen LogP contribution is -2.14. The zero-order valence-electron chi connectivity index (χ0n) is 12.5. The molecule has 0 radical (unpaired) electrons. The van der Waals surface area contributed by atoms with Gasteiger partial charge in [0.05, 0.1) is 5.75 Å². The molecular weight excluding hydrogens is 332 g/mol. The van der Waals surface area contributed by atoms with Crippen LogP contribution in [0.15, 0.2) is 29.4 Å². The topological polar surface area (TPSA) is 59.8 Å². The second-order valence-electron chi connectivity index (χ2n) is 6.06. The molecular formula is C16H17ClN4OS. The van der Waals surface area contributed by atoms with Crippen LogP contribution in [0.5, 0.6) is 0 Å². The zero-order chi connectivity index (χ0) is 15.8. The molecule has 5 nitrogen and oxygen atoms in total. The van der Waals surface area contributed by atoms with Gasteiger partial charge in [-0.3, -0.25) is 4.79 Å². The van der Waals surface area contributed by atoms with Gasteiger partial charge in [-0.05, 0) is 43.9 Å². The Morgan fingerprint density at radius 2 is 2.13 bits per heavy atom. The van der Waals surface area contributed by atoms with E-state index in [0.717, 1.165) is 11.0 Å². The van der Waals surface area contributed by atoms with Crippen LogP contribution < -0.4 is 5.32 Å². The molecule has 1 N–H and O–H groups in total. The molecule has 1 heterocycles. The average Bonchev–Trinajstić information content (AvgIpc) is 3.44. The monoisotopic (exact) mass is 348 g/mol. The Labute approximate surface area is 143 Å². The van der Waals surface area contributed by atoms with Gasteiger partial charge in [-0.15, -0.1) is 10.2 Å². The number of halogens is 1. The minimum Gasteiger partial charge on any atom is -0.325 e. The number of nitrogens with one attached hydrogen (secondary N) is 1. The highest BCUT2D eigenvalue weighted by atomic mass is 35.5. The predicted octanol–water partition coefficient (Wildman–Crippen LogP) is 3.87. The quantitative estimate of drug-likeness (QED) is 0.805. The molecule has 2 aromatic rings. The lowest BCUT2D eigenvalue weighted by molar-refractivity contribution is -0.113. The van der Waals surface area contributed by atoms with Crippen molar-refractivity contribution in [3.63, 3.8) is 0 Å². The van der Waals surface area contributed by atoms with E-state index in [2.05, 4.69) is 20.1 Å². The van der Waals surface area contributed by atoms with Crippen LogP contribution in [0.3, 0.4) is 0 Å². The molecule has 0 atom stereocenters. The van der Waals surface area contributed by atoms with Crippen LogP contribution in [-0.4, -0.2) is 26.4 Å². The standard InChI is InChI=1S/C16H17ClN4OS/c17-11-2-1-3-12(8-11)18-14(22)9-23-16-20-19-15(10-4-5-10)21(16)13-6-7-13/h1-3,8,10,13H,4-7,9H2,(H,18,22). The van der Waals surface area contributed by atoms with E-state index >= 15 is 0 Å². The van der Waals surface area contributed by atoms with Gasteiger partial charge in [0.15, 0.2) is 5.16 Å². The number of rotatable bonds is 6. The first-order valence-electron chi connectivity index (χ1n) is 7.84. The van der Waals surface area contributed by atoms with Crippen molar-refractivity contribution in [1.82, 2.24) is 14.8 Å². The van der Waals surface area contributed by atoms with Gasteiger partial charge in [-0.25, -0.2) is 0 Å². The van der Waals surface area contributed by atoms with E-state index in [0.29, 0.717) is 28.4 Å². The number of thioether (sulfide) groups is 1. The molecule has 2 aliphatic carbocycles. The van der Waals surface area contributed by atoms with Crippen molar-refractivity contribution in [1.29, 1.82) is 0 Å². The number of aromatic nitrogens is 3. The number of amides is 1. The minimum absolute atomic E-state index is 0.0596. The highest BCUT2D eigenvalue weighted by Crippen LogP contribution is 2.45. The second kappa shape index (κ2) is 6.17. The van der Waals surface area contributed by atoms with Gasteiger partial charge in [-0.1, -0.05) is 29.4 Å². The Morgan fingerprint density at radius 3 is 2.83 bits per heavy atom. The summed E-state index contributed by atoms with van der Waals surface area (Å²) < 4.78 is 2.26. The summed E-state index contributed by atoms with van der Waals surface area (Å²) >= 11 is 7.38. The third-order valence-corrected chi connectivity index (χ3v) is 5.16. The molecule has 7 heteroatoms. The molecule has 1 aromatic heterocycles. The van der Waals surface area contributed by atoms with E-state index < -0.39 is 0 Å². The Kier molecular flexibility index (Phi) is 4.03. The smallest absolute Gasteiger partial charge is 0.234 e. The van der Waals surface area contributed by atoms with Crippen LogP contribution in [0.2, 0.25) is 5.02 Å². The maximum atomic E-state index is 12.1. The first-order chi connectivity index (χ1) is 11.2. The highest BCUT2D eigenvalue weighted by Gasteiger charge is 2.36. The van der Waals surface area contributed by atoms with Crippen molar-refractivity contribution in [2.75, 3.05) is 11.1 Å². The summed E-state index contributed by atoms with van der Waals surface area (Å²) in [5.41, 5.74) is 0.713. The van der Waals surface area contributed by atoms with Crippen molar-refractivity contribution in [3.05, 3.63) is 35.1 Å². The van der Waals surface area contributed by atoms with Gasteiger partial charge >= 0.3 is 0 Å².